The quantitative estimate of drug-likeness (QED) is 0.230. The largest absolute Gasteiger partial charge is 0.434 e. The number of fused-ring (bicyclic) bond motifs is 3. The van der Waals surface area contributed by atoms with E-state index in [2.05, 4.69) is 44.2 Å². The van der Waals surface area contributed by atoms with E-state index in [1.165, 1.54) is 0 Å². The molecule has 0 atom stereocenters. The van der Waals surface area contributed by atoms with E-state index in [1.807, 2.05) is 24.3 Å². The first-order chi connectivity index (χ1) is 18.8. The number of aromatic nitrogens is 6. The maximum absolute atomic E-state index is 6.00. The van der Waals surface area contributed by atoms with Crippen molar-refractivity contribution in [3.63, 3.8) is 0 Å². The SMILES string of the molecule is c1cc(-c2ncc(-c3nc4cc5cc6sc(-c7cnc(-c8ccncc8)o7)nc6cc5cc4s3)o2)ccn1. The number of rotatable bonds is 4. The van der Waals surface area contributed by atoms with Gasteiger partial charge in [-0.25, -0.2) is 19.9 Å². The standard InChI is InChI=1S/C28H14N6O2S2/c1-5-29-6-2-15(1)25-31-13-21(35-25)27-33-19-9-17-12-24-20(10-18(17)11-23(19)37-27)34-28(38-24)22-14-32-26(36-22)16-3-7-30-8-4-16/h1-14H. The van der Waals surface area contributed by atoms with Gasteiger partial charge < -0.3 is 8.83 Å². The Bertz CT molecular complexity index is 1880. The maximum Gasteiger partial charge on any atom is 0.226 e. The molecule has 6 heterocycles. The molecule has 0 aliphatic carbocycles. The van der Waals surface area contributed by atoms with E-state index in [-0.39, 0.29) is 0 Å². The zero-order valence-corrected chi connectivity index (χ0v) is 21.0. The molecule has 0 saturated carbocycles. The third kappa shape index (κ3) is 3.58. The van der Waals surface area contributed by atoms with Crippen LogP contribution in [0.4, 0.5) is 0 Å². The van der Waals surface area contributed by atoms with Crippen molar-refractivity contribution in [1.29, 1.82) is 0 Å². The average molecular weight is 531 g/mol. The van der Waals surface area contributed by atoms with E-state index >= 15 is 0 Å². The van der Waals surface area contributed by atoms with Crippen LogP contribution in [-0.2, 0) is 0 Å². The number of benzene rings is 2. The summed E-state index contributed by atoms with van der Waals surface area (Å²) >= 11 is 3.16. The number of oxazole rings is 2. The molecule has 180 valence electrons. The molecule has 0 spiro atoms. The highest BCUT2D eigenvalue weighted by Gasteiger charge is 2.16. The van der Waals surface area contributed by atoms with E-state index in [4.69, 9.17) is 18.8 Å². The van der Waals surface area contributed by atoms with Gasteiger partial charge in [0.1, 0.15) is 0 Å². The number of nitrogens with zero attached hydrogens (tertiary/aromatic N) is 6. The van der Waals surface area contributed by atoms with E-state index < -0.39 is 0 Å². The van der Waals surface area contributed by atoms with Crippen molar-refractivity contribution in [3.8, 4) is 44.4 Å². The number of hydrogen-bond donors (Lipinski definition) is 0. The highest BCUT2D eigenvalue weighted by Crippen LogP contribution is 2.38. The minimum Gasteiger partial charge on any atom is -0.434 e. The number of hydrogen-bond acceptors (Lipinski definition) is 10. The molecule has 0 aliphatic heterocycles. The van der Waals surface area contributed by atoms with E-state index in [0.29, 0.717) is 23.3 Å². The molecule has 8 nitrogen and oxygen atoms in total. The van der Waals surface area contributed by atoms with E-state index in [1.54, 1.807) is 59.9 Å². The Kier molecular flexibility index (Phi) is 4.69. The fourth-order valence-electron chi connectivity index (χ4n) is 4.31. The lowest BCUT2D eigenvalue weighted by atomic mass is 10.1. The monoisotopic (exact) mass is 530 g/mol. The molecule has 0 bridgehead atoms. The van der Waals surface area contributed by atoms with Crippen LogP contribution in [-0.4, -0.2) is 29.9 Å². The Morgan fingerprint density at radius 2 is 1.00 bits per heavy atom. The minimum absolute atomic E-state index is 0.550. The molecule has 8 aromatic rings. The van der Waals surface area contributed by atoms with Crippen molar-refractivity contribution in [3.05, 3.63) is 85.7 Å². The molecule has 38 heavy (non-hydrogen) atoms. The summed E-state index contributed by atoms with van der Waals surface area (Å²) in [4.78, 5) is 26.6. The smallest absolute Gasteiger partial charge is 0.226 e. The van der Waals surface area contributed by atoms with Gasteiger partial charge in [0.15, 0.2) is 21.5 Å². The topological polar surface area (TPSA) is 104 Å². The number of thiazole rings is 2. The van der Waals surface area contributed by atoms with Crippen LogP contribution in [0.5, 0.6) is 0 Å². The summed E-state index contributed by atoms with van der Waals surface area (Å²) < 4.78 is 14.1. The fourth-order valence-corrected chi connectivity index (χ4v) is 6.19. The van der Waals surface area contributed by atoms with Gasteiger partial charge in [0.05, 0.1) is 32.8 Å². The first-order valence-corrected chi connectivity index (χ1v) is 13.3. The predicted octanol–water partition coefficient (Wildman–Crippen LogP) is 7.49. The minimum atomic E-state index is 0.550. The lowest BCUT2D eigenvalue weighted by Crippen LogP contribution is -1.76. The highest BCUT2D eigenvalue weighted by atomic mass is 32.1. The van der Waals surface area contributed by atoms with E-state index in [9.17, 15) is 0 Å². The van der Waals surface area contributed by atoms with Crippen LogP contribution in [0, 0.1) is 0 Å². The second kappa shape index (κ2) is 8.37. The van der Waals surface area contributed by atoms with Gasteiger partial charge in [-0.05, 0) is 59.3 Å². The van der Waals surface area contributed by atoms with Crippen LogP contribution in [0.25, 0.3) is 75.6 Å². The maximum atomic E-state index is 6.00. The normalized spacial score (nSPS) is 11.7. The third-order valence-corrected chi connectivity index (χ3v) is 8.21. The van der Waals surface area contributed by atoms with E-state index in [0.717, 1.165) is 52.3 Å². The zero-order valence-electron chi connectivity index (χ0n) is 19.4. The summed E-state index contributed by atoms with van der Waals surface area (Å²) in [6, 6.07) is 16.0. The molecule has 2 aromatic carbocycles. The lowest BCUT2D eigenvalue weighted by molar-refractivity contribution is 0.588. The van der Waals surface area contributed by atoms with Crippen molar-refractivity contribution >= 4 is 53.9 Å². The molecular formula is C28H14N6O2S2. The van der Waals surface area contributed by atoms with Gasteiger partial charge in [0.2, 0.25) is 11.8 Å². The molecule has 0 saturated heterocycles. The first-order valence-electron chi connectivity index (χ1n) is 11.6. The summed E-state index contributed by atoms with van der Waals surface area (Å²) in [5, 5.41) is 3.78. The van der Waals surface area contributed by atoms with Crippen molar-refractivity contribution in [2.75, 3.05) is 0 Å². The molecular weight excluding hydrogens is 516 g/mol. The Balaban J connectivity index is 1.15. The first kappa shape index (κ1) is 21.3. The van der Waals surface area contributed by atoms with Gasteiger partial charge in [-0.3, -0.25) is 9.97 Å². The van der Waals surface area contributed by atoms with Gasteiger partial charge in [-0.1, -0.05) is 0 Å². The molecule has 10 heteroatoms. The van der Waals surface area contributed by atoms with Crippen molar-refractivity contribution in [2.24, 2.45) is 0 Å². The Labute approximate surface area is 222 Å². The second-order valence-corrected chi connectivity index (χ2v) is 10.6. The summed E-state index contributed by atoms with van der Waals surface area (Å²) in [6.45, 7) is 0. The van der Waals surface area contributed by atoms with Gasteiger partial charge in [-0.2, -0.15) is 0 Å². The van der Waals surface area contributed by atoms with Crippen LogP contribution in [0.2, 0.25) is 0 Å². The Morgan fingerprint density at radius 1 is 0.553 bits per heavy atom. The molecule has 0 radical (unpaired) electrons. The average Bonchev–Trinajstić information content (AvgIpc) is 3.76. The van der Waals surface area contributed by atoms with Gasteiger partial charge in [0, 0.05) is 35.9 Å². The summed E-state index contributed by atoms with van der Waals surface area (Å²) in [5.41, 5.74) is 3.59. The van der Waals surface area contributed by atoms with Crippen LogP contribution in [0.3, 0.4) is 0 Å². The number of pyridine rings is 2. The van der Waals surface area contributed by atoms with Crippen molar-refractivity contribution in [2.45, 2.75) is 0 Å². The van der Waals surface area contributed by atoms with Crippen molar-refractivity contribution < 1.29 is 8.83 Å². The highest BCUT2D eigenvalue weighted by molar-refractivity contribution is 7.22. The Morgan fingerprint density at radius 3 is 1.45 bits per heavy atom. The summed E-state index contributed by atoms with van der Waals surface area (Å²) in [5.74, 6) is 2.39. The molecule has 0 amide bonds. The van der Waals surface area contributed by atoms with Crippen LogP contribution < -0.4 is 0 Å². The lowest BCUT2D eigenvalue weighted by Gasteiger charge is -1.97. The molecule has 8 rings (SSSR count). The zero-order chi connectivity index (χ0) is 25.1. The van der Waals surface area contributed by atoms with Gasteiger partial charge >= 0.3 is 0 Å². The Hall–Kier alpha value is -4.80. The molecule has 0 aliphatic rings. The molecule has 6 aromatic heterocycles. The summed E-state index contributed by atoms with van der Waals surface area (Å²) in [7, 11) is 0. The molecule has 0 fully saturated rings. The fraction of sp³-hybridized carbons (Fsp3) is 0. The molecule has 0 unspecified atom stereocenters. The third-order valence-electron chi connectivity index (χ3n) is 6.14. The molecule has 0 N–H and O–H groups in total. The van der Waals surface area contributed by atoms with Crippen molar-refractivity contribution in [1.82, 2.24) is 29.9 Å². The van der Waals surface area contributed by atoms with Gasteiger partial charge in [-0.15, -0.1) is 22.7 Å². The van der Waals surface area contributed by atoms with Crippen LogP contribution in [0.15, 0.2) is 94.5 Å². The summed E-state index contributed by atoms with van der Waals surface area (Å²) in [6.07, 6.45) is 10.3. The van der Waals surface area contributed by atoms with Crippen LogP contribution in [0.1, 0.15) is 0 Å². The second-order valence-electron chi connectivity index (χ2n) is 8.56. The predicted molar refractivity (Wildman–Crippen MR) is 148 cm³/mol. The van der Waals surface area contributed by atoms with Gasteiger partial charge in [0.25, 0.3) is 0 Å². The van der Waals surface area contributed by atoms with Crippen LogP contribution >= 0.6 is 22.7 Å².